The van der Waals surface area contributed by atoms with Crippen molar-refractivity contribution >= 4 is 66.3 Å². The molecule has 0 aliphatic heterocycles. The van der Waals surface area contributed by atoms with E-state index in [4.69, 9.17) is 6.42 Å². The molecule has 3 aromatic heterocycles. The summed E-state index contributed by atoms with van der Waals surface area (Å²) in [5.74, 6) is 2.83. The number of benzene rings is 6. The second-order valence-electron chi connectivity index (χ2n) is 13.6. The molecular formula is C49H35N3. The van der Waals surface area contributed by atoms with Crippen molar-refractivity contribution in [3.63, 3.8) is 0 Å². The van der Waals surface area contributed by atoms with Crippen molar-refractivity contribution in [1.29, 1.82) is 0 Å². The molecule has 0 saturated carbocycles. The lowest BCUT2D eigenvalue weighted by Crippen LogP contribution is -2.13. The summed E-state index contributed by atoms with van der Waals surface area (Å²) in [7, 11) is 0. The number of terminal acetylenes is 1. The third kappa shape index (κ3) is 4.35. The van der Waals surface area contributed by atoms with Crippen molar-refractivity contribution in [2.45, 2.75) is 19.3 Å². The number of hydrogen-bond acceptors (Lipinski definition) is 0. The quantitative estimate of drug-likeness (QED) is 0.163. The number of nitrogens with zero attached hydrogens (tertiary/aromatic N) is 3. The van der Waals surface area contributed by atoms with Crippen LogP contribution in [0.3, 0.4) is 0 Å². The van der Waals surface area contributed by atoms with Gasteiger partial charge in [-0.2, -0.15) is 0 Å². The summed E-state index contributed by atoms with van der Waals surface area (Å²) in [6.45, 7) is 2.20. The molecule has 3 heterocycles. The molecule has 0 amide bonds. The van der Waals surface area contributed by atoms with Crippen molar-refractivity contribution in [3.05, 3.63) is 181 Å². The summed E-state index contributed by atoms with van der Waals surface area (Å²) in [4.78, 5) is 0. The second kappa shape index (κ2) is 11.9. The van der Waals surface area contributed by atoms with Crippen molar-refractivity contribution in [2.24, 2.45) is 0 Å². The van der Waals surface area contributed by atoms with Gasteiger partial charge in [0.25, 0.3) is 0 Å². The smallest absolute Gasteiger partial charge is 0.0641 e. The van der Waals surface area contributed by atoms with Gasteiger partial charge < -0.3 is 13.7 Å². The van der Waals surface area contributed by atoms with Crippen LogP contribution in [0.4, 0.5) is 0 Å². The first kappa shape index (κ1) is 30.1. The van der Waals surface area contributed by atoms with Crippen molar-refractivity contribution < 1.29 is 0 Å². The Morgan fingerprint density at radius 1 is 0.615 bits per heavy atom. The summed E-state index contributed by atoms with van der Waals surface area (Å²) in [5.41, 5.74) is 13.2. The normalized spacial score (nSPS) is 14.7. The maximum atomic E-state index is 5.76. The van der Waals surface area contributed by atoms with E-state index in [-0.39, 0.29) is 5.92 Å². The molecule has 0 radical (unpaired) electrons. The van der Waals surface area contributed by atoms with Gasteiger partial charge in [-0.25, -0.2) is 0 Å². The Bertz CT molecular complexity index is 3000. The zero-order valence-corrected chi connectivity index (χ0v) is 28.9. The fourth-order valence-corrected chi connectivity index (χ4v) is 8.76. The number of hydrogen-bond donors (Lipinski definition) is 0. The van der Waals surface area contributed by atoms with Crippen LogP contribution in [-0.2, 0) is 0 Å². The number of aryl methyl sites for hydroxylation is 1. The minimum Gasteiger partial charge on any atom is -0.313 e. The van der Waals surface area contributed by atoms with Gasteiger partial charge in [-0.3, -0.25) is 0 Å². The Labute approximate surface area is 302 Å². The third-order valence-corrected chi connectivity index (χ3v) is 10.9. The van der Waals surface area contributed by atoms with Crippen LogP contribution in [0.2, 0.25) is 0 Å². The number of aromatic nitrogens is 3. The van der Waals surface area contributed by atoms with Gasteiger partial charge >= 0.3 is 0 Å². The molecule has 1 atom stereocenters. The summed E-state index contributed by atoms with van der Waals surface area (Å²) in [6, 6.07) is 50.8. The van der Waals surface area contributed by atoms with Gasteiger partial charge in [0, 0.05) is 44.2 Å². The molecule has 3 heteroatoms. The Hall–Kier alpha value is -6.76. The lowest BCUT2D eigenvalue weighted by atomic mass is 9.87. The van der Waals surface area contributed by atoms with Gasteiger partial charge in [-0.15, -0.1) is 6.42 Å². The summed E-state index contributed by atoms with van der Waals surface area (Å²) in [6.07, 6.45) is 17.3. The molecule has 1 aliphatic rings. The van der Waals surface area contributed by atoms with Crippen LogP contribution in [-0.4, -0.2) is 13.7 Å². The van der Waals surface area contributed by atoms with E-state index in [1.54, 1.807) is 0 Å². The highest BCUT2D eigenvalue weighted by Gasteiger charge is 2.28. The number of para-hydroxylation sites is 5. The highest BCUT2D eigenvalue weighted by molar-refractivity contribution is 6.26. The van der Waals surface area contributed by atoms with Crippen LogP contribution < -0.4 is 0 Å². The molecule has 0 saturated heterocycles. The molecule has 1 aliphatic carbocycles. The Morgan fingerprint density at radius 2 is 1.27 bits per heavy atom. The van der Waals surface area contributed by atoms with Crippen molar-refractivity contribution in [2.75, 3.05) is 0 Å². The van der Waals surface area contributed by atoms with Gasteiger partial charge in [0.05, 0.1) is 39.0 Å². The molecule has 0 N–H and O–H groups in total. The maximum Gasteiger partial charge on any atom is 0.0641 e. The van der Waals surface area contributed by atoms with Crippen LogP contribution in [0.5, 0.6) is 0 Å². The minimum atomic E-state index is 0.102. The van der Waals surface area contributed by atoms with E-state index in [9.17, 15) is 0 Å². The predicted octanol–water partition coefficient (Wildman–Crippen LogP) is 12.4. The molecule has 52 heavy (non-hydrogen) atoms. The van der Waals surface area contributed by atoms with Gasteiger partial charge in [0.15, 0.2) is 0 Å². The zero-order chi connectivity index (χ0) is 34.8. The number of allylic oxidation sites excluding steroid dienone is 5. The monoisotopic (exact) mass is 665 g/mol. The average Bonchev–Trinajstić information content (AvgIpc) is 3.82. The van der Waals surface area contributed by atoms with E-state index in [0.29, 0.717) is 0 Å². The first-order chi connectivity index (χ1) is 25.7. The van der Waals surface area contributed by atoms with E-state index < -0.39 is 0 Å². The molecule has 9 aromatic rings. The number of rotatable bonds is 5. The van der Waals surface area contributed by atoms with E-state index in [1.807, 2.05) is 6.08 Å². The van der Waals surface area contributed by atoms with Crippen LogP contribution in [0, 0.1) is 19.3 Å². The van der Waals surface area contributed by atoms with Crippen LogP contribution in [0.1, 0.15) is 29.2 Å². The molecular weight excluding hydrogens is 631 g/mol. The van der Waals surface area contributed by atoms with E-state index in [2.05, 4.69) is 190 Å². The first-order valence-electron chi connectivity index (χ1n) is 17.9. The van der Waals surface area contributed by atoms with Crippen LogP contribution >= 0.6 is 0 Å². The predicted molar refractivity (Wildman–Crippen MR) is 220 cm³/mol. The Balaban J connectivity index is 1.26. The van der Waals surface area contributed by atoms with Crippen molar-refractivity contribution in [3.8, 4) is 23.7 Å². The maximum absolute atomic E-state index is 5.76. The molecule has 0 fully saturated rings. The highest BCUT2D eigenvalue weighted by atomic mass is 15.0. The Morgan fingerprint density at radius 3 is 2.06 bits per heavy atom. The number of fused-ring (bicyclic) bond motifs is 8. The van der Waals surface area contributed by atoms with Gasteiger partial charge in [0.1, 0.15) is 0 Å². The third-order valence-electron chi connectivity index (χ3n) is 10.9. The SMILES string of the molecule is C#C/C=C\c1c(C)c2ccccc2n1C1=CC=CCC1c1ccccc1-n1c2ccccc2c2c1ccc1c3ccccc3n(-c3ccccc3)c12. The molecule has 0 spiro atoms. The largest absolute Gasteiger partial charge is 0.313 e. The Kier molecular flexibility index (Phi) is 6.91. The minimum absolute atomic E-state index is 0.102. The zero-order valence-electron chi connectivity index (χ0n) is 28.9. The van der Waals surface area contributed by atoms with Crippen LogP contribution in [0.25, 0.3) is 77.7 Å². The standard InChI is InChI=1S/C49H35N3/c1-3-4-25-41-33(2)35-20-8-13-26-42(35)51(41)44-28-15-9-21-36(44)37-22-10-16-29-45(37)52-46-30-17-12-24-40(46)48-47(52)32-31-39-38-23-11-14-27-43(38)50(49(39)48)34-18-6-5-7-19-34/h1,4-20,22-32,36H,21H2,2H3/b25-4-. The molecule has 6 aromatic carbocycles. The van der Waals surface area contributed by atoms with E-state index in [0.717, 1.165) is 17.8 Å². The topological polar surface area (TPSA) is 14.8 Å². The molecule has 3 nitrogen and oxygen atoms in total. The summed E-state index contributed by atoms with van der Waals surface area (Å²) < 4.78 is 7.38. The highest BCUT2D eigenvalue weighted by Crippen LogP contribution is 2.45. The van der Waals surface area contributed by atoms with E-state index >= 15 is 0 Å². The molecule has 0 bridgehead atoms. The van der Waals surface area contributed by atoms with Crippen LogP contribution in [0.15, 0.2) is 164 Å². The lowest BCUT2D eigenvalue weighted by Gasteiger charge is -2.27. The molecule has 1 unspecified atom stereocenters. The molecule has 246 valence electrons. The fourth-order valence-electron chi connectivity index (χ4n) is 8.76. The summed E-state index contributed by atoms with van der Waals surface area (Å²) >= 11 is 0. The fraction of sp³-hybridized carbons (Fsp3) is 0.0612. The van der Waals surface area contributed by atoms with Crippen molar-refractivity contribution in [1.82, 2.24) is 13.7 Å². The average molecular weight is 666 g/mol. The van der Waals surface area contributed by atoms with Gasteiger partial charge in [-0.1, -0.05) is 115 Å². The molecule has 10 rings (SSSR count). The van der Waals surface area contributed by atoms with E-state index in [1.165, 1.54) is 77.0 Å². The van der Waals surface area contributed by atoms with Gasteiger partial charge in [-0.05, 0) is 85.2 Å². The second-order valence-corrected chi connectivity index (χ2v) is 13.6. The first-order valence-corrected chi connectivity index (χ1v) is 17.9. The summed E-state index contributed by atoms with van der Waals surface area (Å²) in [5, 5.41) is 6.25. The lowest BCUT2D eigenvalue weighted by molar-refractivity contribution is 0.813. The van der Waals surface area contributed by atoms with Gasteiger partial charge in [0.2, 0.25) is 0 Å².